The van der Waals surface area contributed by atoms with Crippen molar-refractivity contribution < 1.29 is 22.7 Å². The highest BCUT2D eigenvalue weighted by Gasteiger charge is 2.39. The fourth-order valence-electron chi connectivity index (χ4n) is 2.43. The maximum Gasteiger partial charge on any atom is 0.449 e. The summed E-state index contributed by atoms with van der Waals surface area (Å²) in [6.07, 6.45) is -2.66. The summed E-state index contributed by atoms with van der Waals surface area (Å²) in [6.45, 7) is 1.81. The molecule has 1 aliphatic heterocycles. The number of amides is 1. The van der Waals surface area contributed by atoms with Crippen molar-refractivity contribution in [2.75, 3.05) is 5.32 Å². The number of para-hydroxylation sites is 1. The van der Waals surface area contributed by atoms with Gasteiger partial charge in [-0.1, -0.05) is 29.8 Å². The molecule has 1 aliphatic rings. The lowest BCUT2D eigenvalue weighted by atomic mass is 9.99. The highest BCUT2D eigenvalue weighted by atomic mass is 19.4. The molecule has 0 saturated carbocycles. The van der Waals surface area contributed by atoms with Gasteiger partial charge in [0.1, 0.15) is 5.75 Å². The number of halogens is 3. The molecule has 25 heavy (non-hydrogen) atoms. The van der Waals surface area contributed by atoms with Gasteiger partial charge in [-0.05, 0) is 42.8 Å². The Labute approximate surface area is 142 Å². The van der Waals surface area contributed by atoms with Gasteiger partial charge >= 0.3 is 6.18 Å². The first-order valence-electron chi connectivity index (χ1n) is 7.48. The zero-order valence-electron chi connectivity index (χ0n) is 13.2. The second-order valence-corrected chi connectivity index (χ2v) is 5.56. The molecule has 1 N–H and O–H groups in total. The summed E-state index contributed by atoms with van der Waals surface area (Å²) in [6, 6.07) is 13.5. The molecule has 0 fully saturated rings. The number of nitrogens with one attached hydrogen (secondary N) is 1. The van der Waals surface area contributed by atoms with Crippen LogP contribution in [0.5, 0.6) is 5.75 Å². The van der Waals surface area contributed by atoms with Crippen molar-refractivity contribution in [3.05, 3.63) is 77.6 Å². The van der Waals surface area contributed by atoms with Gasteiger partial charge in [-0.3, -0.25) is 4.79 Å². The van der Waals surface area contributed by atoms with E-state index >= 15 is 0 Å². The Morgan fingerprint density at radius 1 is 1.12 bits per heavy atom. The number of carbonyl (C=O) groups is 1. The van der Waals surface area contributed by atoms with E-state index in [4.69, 9.17) is 4.74 Å². The number of alkyl halides is 3. The summed E-state index contributed by atoms with van der Waals surface area (Å²) in [5.41, 5.74) is 1.99. The van der Waals surface area contributed by atoms with Crippen molar-refractivity contribution in [1.29, 1.82) is 0 Å². The van der Waals surface area contributed by atoms with Crippen molar-refractivity contribution in [3.8, 4) is 5.75 Å². The lowest BCUT2D eigenvalue weighted by Crippen LogP contribution is -2.20. The fourth-order valence-corrected chi connectivity index (χ4v) is 2.43. The van der Waals surface area contributed by atoms with E-state index < -0.39 is 17.8 Å². The van der Waals surface area contributed by atoms with Gasteiger partial charge in [0.05, 0.1) is 0 Å². The number of ether oxygens (including phenoxy) is 1. The number of fused-ring (bicyclic) bond motifs is 1. The van der Waals surface area contributed by atoms with Crippen LogP contribution in [0.1, 0.15) is 11.1 Å². The normalized spacial score (nSPS) is 15.2. The second kappa shape index (κ2) is 6.47. The first kappa shape index (κ1) is 16.8. The molecule has 128 valence electrons. The predicted octanol–water partition coefficient (Wildman–Crippen LogP) is 4.86. The van der Waals surface area contributed by atoms with Crippen LogP contribution in [-0.2, 0) is 4.79 Å². The van der Waals surface area contributed by atoms with Crippen LogP contribution >= 0.6 is 0 Å². The highest BCUT2D eigenvalue weighted by Crippen LogP contribution is 2.39. The van der Waals surface area contributed by atoms with Gasteiger partial charge in [0, 0.05) is 17.3 Å². The molecular weight excluding hydrogens is 331 g/mol. The van der Waals surface area contributed by atoms with Crippen LogP contribution in [0.15, 0.2) is 66.4 Å². The van der Waals surface area contributed by atoms with Gasteiger partial charge in [-0.25, -0.2) is 0 Å². The van der Waals surface area contributed by atoms with Gasteiger partial charge < -0.3 is 10.1 Å². The molecule has 0 spiro atoms. The monoisotopic (exact) mass is 345 g/mol. The summed E-state index contributed by atoms with van der Waals surface area (Å²) < 4.78 is 44.1. The van der Waals surface area contributed by atoms with Crippen molar-refractivity contribution in [2.24, 2.45) is 0 Å². The molecule has 2 aromatic carbocycles. The van der Waals surface area contributed by atoms with Gasteiger partial charge in [-0.2, -0.15) is 13.2 Å². The average molecular weight is 345 g/mol. The molecule has 0 aromatic heterocycles. The lowest BCUT2D eigenvalue weighted by Gasteiger charge is -2.22. The smallest absolute Gasteiger partial charge is 0.449 e. The van der Waals surface area contributed by atoms with E-state index in [9.17, 15) is 18.0 Å². The number of rotatable bonds is 2. The SMILES string of the molecule is Cc1ccc2c(c1)/C(=C/C(=O)Nc1ccccc1)C=C(C(F)(F)F)O2. The van der Waals surface area contributed by atoms with E-state index in [2.05, 4.69) is 5.32 Å². The van der Waals surface area contributed by atoms with E-state index in [-0.39, 0.29) is 11.3 Å². The zero-order valence-corrected chi connectivity index (χ0v) is 13.2. The van der Waals surface area contributed by atoms with E-state index in [1.165, 1.54) is 6.07 Å². The van der Waals surface area contributed by atoms with Gasteiger partial charge in [0.15, 0.2) is 0 Å². The van der Waals surface area contributed by atoms with Crippen LogP contribution < -0.4 is 10.1 Å². The minimum atomic E-state index is -4.64. The van der Waals surface area contributed by atoms with Crippen LogP contribution in [0.25, 0.3) is 5.57 Å². The van der Waals surface area contributed by atoms with Gasteiger partial charge in [-0.15, -0.1) is 0 Å². The first-order valence-corrected chi connectivity index (χ1v) is 7.48. The van der Waals surface area contributed by atoms with Crippen LogP contribution in [-0.4, -0.2) is 12.1 Å². The van der Waals surface area contributed by atoms with Crippen LogP contribution in [0.3, 0.4) is 0 Å². The number of allylic oxidation sites excluding steroid dienone is 3. The number of hydrogen-bond acceptors (Lipinski definition) is 2. The summed E-state index contributed by atoms with van der Waals surface area (Å²) in [5.74, 6) is -1.60. The third kappa shape index (κ3) is 3.91. The van der Waals surface area contributed by atoms with E-state index in [1.54, 1.807) is 42.5 Å². The third-order valence-corrected chi connectivity index (χ3v) is 3.56. The molecule has 6 heteroatoms. The summed E-state index contributed by atoms with van der Waals surface area (Å²) in [5, 5.41) is 2.62. The third-order valence-electron chi connectivity index (χ3n) is 3.56. The predicted molar refractivity (Wildman–Crippen MR) is 89.0 cm³/mol. The summed E-state index contributed by atoms with van der Waals surface area (Å²) >= 11 is 0. The minimum Gasteiger partial charge on any atom is -0.451 e. The lowest BCUT2D eigenvalue weighted by molar-refractivity contribution is -0.116. The quantitative estimate of drug-likeness (QED) is 0.790. The Morgan fingerprint density at radius 2 is 1.84 bits per heavy atom. The van der Waals surface area contributed by atoms with Crippen molar-refractivity contribution in [1.82, 2.24) is 0 Å². The van der Waals surface area contributed by atoms with E-state index in [0.29, 0.717) is 11.3 Å². The highest BCUT2D eigenvalue weighted by molar-refractivity contribution is 6.06. The fraction of sp³-hybridized carbons (Fsp3) is 0.105. The Kier molecular flexibility index (Phi) is 4.35. The van der Waals surface area contributed by atoms with Crippen LogP contribution in [0, 0.1) is 6.92 Å². The maximum atomic E-state index is 13.1. The molecule has 0 bridgehead atoms. The largest absolute Gasteiger partial charge is 0.451 e. The molecular formula is C19H14F3NO2. The molecule has 0 radical (unpaired) electrons. The van der Waals surface area contributed by atoms with Crippen molar-refractivity contribution in [2.45, 2.75) is 13.1 Å². The standard InChI is InChI=1S/C19H14F3NO2/c1-12-7-8-16-15(9-12)13(10-17(25-16)19(20,21)22)11-18(24)23-14-5-3-2-4-6-14/h2-11H,1H3,(H,23,24)/b13-11+. The number of anilines is 1. The molecule has 3 rings (SSSR count). The Balaban J connectivity index is 1.98. The van der Waals surface area contributed by atoms with Gasteiger partial charge in [0.25, 0.3) is 0 Å². The van der Waals surface area contributed by atoms with Crippen molar-refractivity contribution in [3.63, 3.8) is 0 Å². The second-order valence-electron chi connectivity index (χ2n) is 5.56. The number of hydrogen-bond donors (Lipinski definition) is 1. The molecule has 0 unspecified atom stereocenters. The minimum absolute atomic E-state index is 0.0687. The Bertz CT molecular complexity index is 868. The number of benzene rings is 2. The Morgan fingerprint density at radius 3 is 2.52 bits per heavy atom. The van der Waals surface area contributed by atoms with Crippen LogP contribution in [0.4, 0.5) is 18.9 Å². The van der Waals surface area contributed by atoms with Crippen molar-refractivity contribution >= 4 is 17.2 Å². The molecule has 1 amide bonds. The average Bonchev–Trinajstić information content (AvgIpc) is 2.55. The summed E-state index contributed by atoms with van der Waals surface area (Å²) in [7, 11) is 0. The first-order chi connectivity index (χ1) is 11.8. The summed E-state index contributed by atoms with van der Waals surface area (Å²) in [4.78, 5) is 12.2. The van der Waals surface area contributed by atoms with E-state index in [0.717, 1.165) is 17.7 Å². The zero-order chi connectivity index (χ0) is 18.0. The molecule has 0 aliphatic carbocycles. The molecule has 0 saturated heterocycles. The number of aryl methyl sites for hydroxylation is 1. The van der Waals surface area contributed by atoms with E-state index in [1.807, 2.05) is 6.92 Å². The molecule has 2 aromatic rings. The molecule has 1 heterocycles. The molecule has 0 atom stereocenters. The Hall–Kier alpha value is -3.02. The topological polar surface area (TPSA) is 38.3 Å². The number of carbonyl (C=O) groups excluding carboxylic acids is 1. The van der Waals surface area contributed by atoms with Gasteiger partial charge in [0.2, 0.25) is 11.7 Å². The van der Waals surface area contributed by atoms with Crippen LogP contribution in [0.2, 0.25) is 0 Å². The maximum absolute atomic E-state index is 13.1. The molecule has 3 nitrogen and oxygen atoms in total.